The number of aromatic nitrogens is 2. The van der Waals surface area contributed by atoms with E-state index < -0.39 is 0 Å². The van der Waals surface area contributed by atoms with Crippen LogP contribution in [-0.4, -0.2) is 23.4 Å². The van der Waals surface area contributed by atoms with E-state index >= 15 is 0 Å². The lowest BCUT2D eigenvalue weighted by atomic mass is 10.1. The highest BCUT2D eigenvalue weighted by molar-refractivity contribution is 6.30. The molecule has 0 fully saturated rings. The minimum Gasteiger partial charge on any atom is -0.497 e. The molecular weight excluding hydrogens is 310 g/mol. The van der Waals surface area contributed by atoms with Crippen molar-refractivity contribution in [1.29, 1.82) is 0 Å². The number of hydrogen-bond acceptors (Lipinski definition) is 3. The Morgan fingerprint density at radius 2 is 1.78 bits per heavy atom. The highest BCUT2D eigenvalue weighted by atomic mass is 35.5. The second kappa shape index (κ2) is 6.86. The maximum absolute atomic E-state index is 5.98. The Morgan fingerprint density at radius 1 is 1.09 bits per heavy atom. The molecule has 0 bridgehead atoms. The monoisotopic (exact) mass is 327 g/mol. The van der Waals surface area contributed by atoms with Gasteiger partial charge in [0.2, 0.25) is 0 Å². The van der Waals surface area contributed by atoms with Crippen molar-refractivity contribution in [2.24, 2.45) is 5.73 Å². The quantitative estimate of drug-likeness (QED) is 0.777. The maximum atomic E-state index is 5.98. The molecule has 0 amide bonds. The Morgan fingerprint density at radius 3 is 2.39 bits per heavy atom. The summed E-state index contributed by atoms with van der Waals surface area (Å²) in [4.78, 5) is 0. The van der Waals surface area contributed by atoms with Crippen LogP contribution in [0.1, 0.15) is 5.69 Å². The summed E-state index contributed by atoms with van der Waals surface area (Å²) in [5.41, 5.74) is 9.68. The summed E-state index contributed by atoms with van der Waals surface area (Å²) in [5, 5.41) is 5.38. The van der Waals surface area contributed by atoms with Crippen molar-refractivity contribution >= 4 is 11.6 Å². The first-order valence-corrected chi connectivity index (χ1v) is 7.78. The number of ether oxygens (including phenoxy) is 1. The van der Waals surface area contributed by atoms with Crippen molar-refractivity contribution in [1.82, 2.24) is 9.78 Å². The van der Waals surface area contributed by atoms with E-state index in [-0.39, 0.29) is 0 Å². The van der Waals surface area contributed by atoms with E-state index in [0.717, 1.165) is 34.8 Å². The van der Waals surface area contributed by atoms with Gasteiger partial charge in [0.1, 0.15) is 5.75 Å². The average molecular weight is 328 g/mol. The summed E-state index contributed by atoms with van der Waals surface area (Å²) in [6, 6.07) is 17.6. The predicted molar refractivity (Wildman–Crippen MR) is 93.3 cm³/mol. The van der Waals surface area contributed by atoms with E-state index in [2.05, 4.69) is 11.2 Å². The average Bonchev–Trinajstić information content (AvgIpc) is 3.00. The van der Waals surface area contributed by atoms with Crippen LogP contribution in [0, 0.1) is 0 Å². The largest absolute Gasteiger partial charge is 0.497 e. The number of nitrogens with zero attached hydrogens (tertiary/aromatic N) is 2. The minimum atomic E-state index is 0.569. The van der Waals surface area contributed by atoms with E-state index in [1.54, 1.807) is 7.11 Å². The lowest BCUT2D eigenvalue weighted by molar-refractivity contribution is 0.415. The smallest absolute Gasteiger partial charge is 0.118 e. The number of benzene rings is 2. The Kier molecular flexibility index (Phi) is 4.65. The standard InChI is InChI=1S/C18H18ClN3O/c1-23-17-8-2-13(3-9-17)18-12-15(10-11-20)21-22(18)16-6-4-14(19)5-7-16/h2-9,12H,10-11,20H2,1H3. The van der Waals surface area contributed by atoms with Crippen LogP contribution in [-0.2, 0) is 6.42 Å². The normalized spacial score (nSPS) is 10.7. The maximum Gasteiger partial charge on any atom is 0.118 e. The number of nitrogens with two attached hydrogens (primary N) is 1. The Bertz CT molecular complexity index is 779. The van der Waals surface area contributed by atoms with E-state index in [9.17, 15) is 0 Å². The second-order valence-corrected chi connectivity index (χ2v) is 5.61. The van der Waals surface area contributed by atoms with Crippen molar-refractivity contribution < 1.29 is 4.74 Å². The van der Waals surface area contributed by atoms with Gasteiger partial charge in [-0.05, 0) is 61.1 Å². The molecule has 4 nitrogen and oxygen atoms in total. The molecule has 0 saturated heterocycles. The van der Waals surface area contributed by atoms with Crippen molar-refractivity contribution in [3.8, 4) is 22.7 Å². The topological polar surface area (TPSA) is 53.1 Å². The molecule has 0 spiro atoms. The van der Waals surface area contributed by atoms with Crippen LogP contribution < -0.4 is 10.5 Å². The zero-order chi connectivity index (χ0) is 16.2. The lowest BCUT2D eigenvalue weighted by Crippen LogP contribution is -2.04. The Labute approximate surface area is 140 Å². The molecule has 1 aromatic heterocycles. The summed E-state index contributed by atoms with van der Waals surface area (Å²) in [5.74, 6) is 0.827. The summed E-state index contributed by atoms with van der Waals surface area (Å²) >= 11 is 5.98. The molecule has 0 aliphatic heterocycles. The van der Waals surface area contributed by atoms with Gasteiger partial charge in [0.05, 0.1) is 24.2 Å². The number of hydrogen-bond donors (Lipinski definition) is 1. The first-order chi connectivity index (χ1) is 11.2. The van der Waals surface area contributed by atoms with Gasteiger partial charge in [-0.3, -0.25) is 0 Å². The van der Waals surface area contributed by atoms with Crippen LogP contribution >= 0.6 is 11.6 Å². The number of halogens is 1. The van der Waals surface area contributed by atoms with Gasteiger partial charge in [0, 0.05) is 17.0 Å². The fourth-order valence-electron chi connectivity index (χ4n) is 2.45. The van der Waals surface area contributed by atoms with Crippen LogP contribution in [0.15, 0.2) is 54.6 Å². The highest BCUT2D eigenvalue weighted by Gasteiger charge is 2.11. The first-order valence-electron chi connectivity index (χ1n) is 7.40. The zero-order valence-corrected chi connectivity index (χ0v) is 13.6. The van der Waals surface area contributed by atoms with Crippen molar-refractivity contribution in [2.45, 2.75) is 6.42 Å². The molecular formula is C18H18ClN3O. The van der Waals surface area contributed by atoms with Gasteiger partial charge in [-0.1, -0.05) is 11.6 Å². The van der Waals surface area contributed by atoms with Gasteiger partial charge < -0.3 is 10.5 Å². The van der Waals surface area contributed by atoms with Crippen LogP contribution in [0.5, 0.6) is 5.75 Å². The van der Waals surface area contributed by atoms with Crippen molar-refractivity contribution in [3.05, 3.63) is 65.3 Å². The minimum absolute atomic E-state index is 0.569. The number of methoxy groups -OCH3 is 1. The zero-order valence-electron chi connectivity index (χ0n) is 12.9. The third kappa shape index (κ3) is 3.38. The Hall–Kier alpha value is -2.30. The van der Waals surface area contributed by atoms with Crippen molar-refractivity contribution in [3.63, 3.8) is 0 Å². The first kappa shape index (κ1) is 15.6. The van der Waals surface area contributed by atoms with Crippen molar-refractivity contribution in [2.75, 3.05) is 13.7 Å². The van der Waals surface area contributed by atoms with Gasteiger partial charge in [0.15, 0.2) is 0 Å². The molecule has 0 radical (unpaired) electrons. The molecule has 2 aromatic carbocycles. The van der Waals surface area contributed by atoms with Gasteiger partial charge >= 0.3 is 0 Å². The van der Waals surface area contributed by atoms with Gasteiger partial charge in [-0.2, -0.15) is 5.10 Å². The van der Waals surface area contributed by atoms with Crippen LogP contribution in [0.3, 0.4) is 0 Å². The summed E-state index contributed by atoms with van der Waals surface area (Å²) < 4.78 is 7.14. The van der Waals surface area contributed by atoms with Crippen LogP contribution in [0.25, 0.3) is 16.9 Å². The molecule has 1 heterocycles. The summed E-state index contributed by atoms with van der Waals surface area (Å²) in [7, 11) is 1.66. The molecule has 3 aromatic rings. The molecule has 2 N–H and O–H groups in total. The van der Waals surface area contributed by atoms with Gasteiger partial charge in [0.25, 0.3) is 0 Å². The molecule has 3 rings (SSSR count). The molecule has 0 atom stereocenters. The Balaban J connectivity index is 2.08. The molecule has 23 heavy (non-hydrogen) atoms. The third-order valence-corrected chi connectivity index (χ3v) is 3.87. The fourth-order valence-corrected chi connectivity index (χ4v) is 2.57. The van der Waals surface area contributed by atoms with Gasteiger partial charge in [-0.25, -0.2) is 4.68 Å². The van der Waals surface area contributed by atoms with Gasteiger partial charge in [-0.15, -0.1) is 0 Å². The van der Waals surface area contributed by atoms with E-state index in [1.807, 2.05) is 53.2 Å². The molecule has 0 aliphatic carbocycles. The molecule has 5 heteroatoms. The van der Waals surface area contributed by atoms with E-state index in [1.165, 1.54) is 0 Å². The number of rotatable bonds is 5. The van der Waals surface area contributed by atoms with E-state index in [4.69, 9.17) is 22.1 Å². The molecule has 0 unspecified atom stereocenters. The SMILES string of the molecule is COc1ccc(-c2cc(CCN)nn2-c2ccc(Cl)cc2)cc1. The third-order valence-electron chi connectivity index (χ3n) is 3.62. The highest BCUT2D eigenvalue weighted by Crippen LogP contribution is 2.26. The molecule has 0 saturated carbocycles. The van der Waals surface area contributed by atoms with E-state index in [0.29, 0.717) is 11.6 Å². The summed E-state index contributed by atoms with van der Waals surface area (Å²) in [6.45, 7) is 0.569. The summed E-state index contributed by atoms with van der Waals surface area (Å²) in [6.07, 6.45) is 0.740. The molecule has 118 valence electrons. The second-order valence-electron chi connectivity index (χ2n) is 5.18. The van der Waals surface area contributed by atoms with Crippen LogP contribution in [0.4, 0.5) is 0 Å². The molecule has 0 aliphatic rings. The fraction of sp³-hybridized carbons (Fsp3) is 0.167. The lowest BCUT2D eigenvalue weighted by Gasteiger charge is -2.08. The van der Waals surface area contributed by atoms with Crippen LogP contribution in [0.2, 0.25) is 5.02 Å². The predicted octanol–water partition coefficient (Wildman–Crippen LogP) is 3.70.